The number of benzene rings is 1. The van der Waals surface area contributed by atoms with Crippen LogP contribution in [-0.4, -0.2) is 39.1 Å². The number of carbonyl (C=O) groups is 1. The van der Waals surface area contributed by atoms with Crippen molar-refractivity contribution < 1.29 is 9.53 Å². The molecule has 4 heteroatoms. The van der Waals surface area contributed by atoms with Crippen LogP contribution >= 0.6 is 0 Å². The Balaban J connectivity index is 3.55. The zero-order chi connectivity index (χ0) is 15.5. The van der Waals surface area contributed by atoms with Crippen LogP contribution in [0.5, 0.6) is 5.75 Å². The van der Waals surface area contributed by atoms with E-state index in [1.807, 2.05) is 37.8 Å². The minimum absolute atomic E-state index is 0.129. The summed E-state index contributed by atoms with van der Waals surface area (Å²) in [6.07, 6.45) is 0. The maximum Gasteiger partial charge on any atom is 0.254 e. The van der Waals surface area contributed by atoms with Crippen LogP contribution in [0.4, 0.5) is 0 Å². The molecule has 112 valence electrons. The Hall–Kier alpha value is -1.29. The van der Waals surface area contributed by atoms with Crippen LogP contribution in [0.15, 0.2) is 12.1 Å². The van der Waals surface area contributed by atoms with E-state index < -0.39 is 8.07 Å². The van der Waals surface area contributed by atoms with Gasteiger partial charge in [-0.05, 0) is 37.6 Å². The lowest BCUT2D eigenvalue weighted by atomic mass is 10.1. The highest BCUT2D eigenvalue weighted by Crippen LogP contribution is 2.22. The SMILES string of the molecule is CCN(CC)C(=O)c1c(C)ccc(OC)c1[Si](C)(C)C. The second-order valence-electron chi connectivity index (χ2n) is 6.06. The monoisotopic (exact) mass is 293 g/mol. The predicted molar refractivity (Wildman–Crippen MR) is 88.0 cm³/mol. The first kappa shape index (κ1) is 16.8. The van der Waals surface area contributed by atoms with Crippen molar-refractivity contribution in [2.45, 2.75) is 40.4 Å². The summed E-state index contributed by atoms with van der Waals surface area (Å²) in [5.41, 5.74) is 1.90. The van der Waals surface area contributed by atoms with E-state index in [4.69, 9.17) is 4.74 Å². The van der Waals surface area contributed by atoms with Crippen molar-refractivity contribution in [1.29, 1.82) is 0 Å². The molecule has 0 bridgehead atoms. The predicted octanol–water partition coefficient (Wildman–Crippen LogP) is 3.03. The number of hydrogen-bond acceptors (Lipinski definition) is 2. The molecular weight excluding hydrogens is 266 g/mol. The molecule has 0 aliphatic carbocycles. The molecule has 0 aliphatic rings. The fraction of sp³-hybridized carbons (Fsp3) is 0.562. The first-order valence-corrected chi connectivity index (χ1v) is 10.7. The van der Waals surface area contributed by atoms with Gasteiger partial charge in [0.05, 0.1) is 15.2 Å². The number of ether oxygens (including phenoxy) is 1. The number of rotatable bonds is 5. The zero-order valence-electron chi connectivity index (χ0n) is 13.8. The van der Waals surface area contributed by atoms with Gasteiger partial charge in [-0.1, -0.05) is 25.7 Å². The summed E-state index contributed by atoms with van der Waals surface area (Å²) in [6.45, 7) is 14.3. The average molecular weight is 293 g/mol. The third kappa shape index (κ3) is 3.23. The molecule has 0 saturated carbocycles. The minimum atomic E-state index is -1.68. The quantitative estimate of drug-likeness (QED) is 0.781. The normalized spacial score (nSPS) is 11.3. The van der Waals surface area contributed by atoms with Crippen molar-refractivity contribution >= 4 is 19.2 Å². The highest BCUT2D eigenvalue weighted by Gasteiger charge is 2.30. The average Bonchev–Trinajstić information content (AvgIpc) is 2.38. The smallest absolute Gasteiger partial charge is 0.254 e. The van der Waals surface area contributed by atoms with Gasteiger partial charge >= 0.3 is 0 Å². The van der Waals surface area contributed by atoms with Crippen LogP contribution in [0.1, 0.15) is 29.8 Å². The van der Waals surface area contributed by atoms with Crippen LogP contribution in [0, 0.1) is 6.92 Å². The van der Waals surface area contributed by atoms with Gasteiger partial charge in [-0.15, -0.1) is 0 Å². The molecule has 0 aromatic heterocycles. The molecule has 0 N–H and O–H groups in total. The van der Waals surface area contributed by atoms with Gasteiger partial charge in [-0.3, -0.25) is 4.79 Å². The maximum absolute atomic E-state index is 12.9. The van der Waals surface area contributed by atoms with E-state index in [1.54, 1.807) is 7.11 Å². The summed E-state index contributed by atoms with van der Waals surface area (Å²) in [4.78, 5) is 14.7. The molecule has 0 heterocycles. The fourth-order valence-corrected chi connectivity index (χ4v) is 4.53. The molecular formula is C16H27NO2Si. The first-order chi connectivity index (χ1) is 9.27. The van der Waals surface area contributed by atoms with E-state index in [-0.39, 0.29) is 5.91 Å². The van der Waals surface area contributed by atoms with Gasteiger partial charge in [-0.2, -0.15) is 0 Å². The summed E-state index contributed by atoms with van der Waals surface area (Å²) < 4.78 is 5.53. The van der Waals surface area contributed by atoms with Gasteiger partial charge in [-0.25, -0.2) is 0 Å². The fourth-order valence-electron chi connectivity index (χ4n) is 2.55. The van der Waals surface area contributed by atoms with Gasteiger partial charge in [0.25, 0.3) is 5.91 Å². The molecule has 0 saturated heterocycles. The molecule has 1 aromatic carbocycles. The second kappa shape index (κ2) is 6.44. The van der Waals surface area contributed by atoms with Crippen molar-refractivity contribution in [2.24, 2.45) is 0 Å². The van der Waals surface area contributed by atoms with Gasteiger partial charge in [0.1, 0.15) is 5.75 Å². The van der Waals surface area contributed by atoms with E-state index in [0.29, 0.717) is 0 Å². The number of methoxy groups -OCH3 is 1. The zero-order valence-corrected chi connectivity index (χ0v) is 14.8. The Bertz CT molecular complexity index is 488. The third-order valence-electron chi connectivity index (χ3n) is 3.61. The van der Waals surface area contributed by atoms with E-state index >= 15 is 0 Å². The highest BCUT2D eigenvalue weighted by atomic mass is 28.3. The van der Waals surface area contributed by atoms with E-state index in [1.165, 1.54) is 0 Å². The van der Waals surface area contributed by atoms with E-state index in [0.717, 1.165) is 35.2 Å². The van der Waals surface area contributed by atoms with Crippen molar-refractivity contribution in [1.82, 2.24) is 4.90 Å². The summed E-state index contributed by atoms with van der Waals surface area (Å²) in [5, 5.41) is 1.14. The molecule has 20 heavy (non-hydrogen) atoms. The summed E-state index contributed by atoms with van der Waals surface area (Å²) >= 11 is 0. The molecule has 1 amide bonds. The Kier molecular flexibility index (Phi) is 5.40. The third-order valence-corrected chi connectivity index (χ3v) is 5.61. The number of carbonyl (C=O) groups excluding carboxylic acids is 1. The van der Waals surface area contributed by atoms with Gasteiger partial charge < -0.3 is 9.64 Å². The molecule has 3 nitrogen and oxygen atoms in total. The van der Waals surface area contributed by atoms with Crippen LogP contribution < -0.4 is 9.92 Å². The molecule has 0 fully saturated rings. The molecule has 1 aromatic rings. The van der Waals surface area contributed by atoms with Crippen molar-refractivity contribution in [2.75, 3.05) is 20.2 Å². The highest BCUT2D eigenvalue weighted by molar-refractivity contribution is 6.90. The second-order valence-corrected chi connectivity index (χ2v) is 11.1. The molecule has 0 spiro atoms. The summed E-state index contributed by atoms with van der Waals surface area (Å²) in [6, 6.07) is 3.97. The number of aryl methyl sites for hydroxylation is 1. The molecule has 0 atom stereocenters. The lowest BCUT2D eigenvalue weighted by molar-refractivity contribution is 0.0773. The molecule has 0 radical (unpaired) electrons. The number of hydrogen-bond donors (Lipinski definition) is 0. The first-order valence-electron chi connectivity index (χ1n) is 7.25. The molecule has 0 aliphatic heterocycles. The summed E-state index contributed by atoms with van der Waals surface area (Å²) in [7, 11) is -0.000923. The standard InChI is InChI=1S/C16H27NO2Si/c1-8-17(9-2)16(18)14-12(3)10-11-13(19-4)15(14)20(5,6)7/h10-11H,8-9H2,1-7H3. The Morgan fingerprint density at radius 3 is 2.15 bits per heavy atom. The Morgan fingerprint density at radius 2 is 1.75 bits per heavy atom. The number of nitrogens with zero attached hydrogens (tertiary/aromatic N) is 1. The maximum atomic E-state index is 12.9. The van der Waals surface area contributed by atoms with Crippen molar-refractivity contribution in [3.05, 3.63) is 23.3 Å². The van der Waals surface area contributed by atoms with Crippen LogP contribution in [-0.2, 0) is 0 Å². The Morgan fingerprint density at radius 1 is 1.20 bits per heavy atom. The van der Waals surface area contributed by atoms with Crippen LogP contribution in [0.25, 0.3) is 0 Å². The lowest BCUT2D eigenvalue weighted by Gasteiger charge is -2.28. The summed E-state index contributed by atoms with van der Waals surface area (Å²) in [5.74, 6) is 0.981. The minimum Gasteiger partial charge on any atom is -0.497 e. The van der Waals surface area contributed by atoms with Gasteiger partial charge in [0.15, 0.2) is 0 Å². The largest absolute Gasteiger partial charge is 0.497 e. The molecule has 0 unspecified atom stereocenters. The van der Waals surface area contributed by atoms with Crippen LogP contribution in [0.3, 0.4) is 0 Å². The van der Waals surface area contributed by atoms with Crippen molar-refractivity contribution in [3.63, 3.8) is 0 Å². The Labute approximate surface area is 123 Å². The van der Waals surface area contributed by atoms with Gasteiger partial charge in [0.2, 0.25) is 0 Å². The van der Waals surface area contributed by atoms with E-state index in [9.17, 15) is 4.79 Å². The number of amides is 1. The topological polar surface area (TPSA) is 29.5 Å². The van der Waals surface area contributed by atoms with Crippen LogP contribution in [0.2, 0.25) is 19.6 Å². The van der Waals surface area contributed by atoms with Gasteiger partial charge in [0, 0.05) is 18.7 Å². The lowest BCUT2D eigenvalue weighted by Crippen LogP contribution is -2.45. The van der Waals surface area contributed by atoms with Crippen molar-refractivity contribution in [3.8, 4) is 5.75 Å². The van der Waals surface area contributed by atoms with E-state index in [2.05, 4.69) is 19.6 Å². The molecule has 1 rings (SSSR count).